The van der Waals surface area contributed by atoms with Gasteiger partial charge in [-0.05, 0) is 24.1 Å². The van der Waals surface area contributed by atoms with Gasteiger partial charge >= 0.3 is 0 Å². The molecule has 1 atom stereocenters. The highest BCUT2D eigenvalue weighted by Gasteiger charge is 2.17. The van der Waals surface area contributed by atoms with E-state index in [-0.39, 0.29) is 0 Å². The molecule has 0 fully saturated rings. The first-order valence-corrected chi connectivity index (χ1v) is 6.21. The second-order valence-electron chi connectivity index (χ2n) is 4.36. The topological polar surface area (TPSA) is 85.1 Å². The molecule has 0 saturated heterocycles. The lowest BCUT2D eigenvalue weighted by molar-refractivity contribution is -0.121. The summed E-state index contributed by atoms with van der Waals surface area (Å²) in [5, 5.41) is 2.27. The van der Waals surface area contributed by atoms with Gasteiger partial charge < -0.3 is 5.73 Å². The maximum Gasteiger partial charge on any atom is 0.259 e. The molecule has 2 amide bonds. The molecule has 1 aromatic carbocycles. The summed E-state index contributed by atoms with van der Waals surface area (Å²) in [5.41, 5.74) is 7.07. The summed E-state index contributed by atoms with van der Waals surface area (Å²) in [6.07, 6.45) is 3.33. The first kappa shape index (κ1) is 13.9. The van der Waals surface area contributed by atoms with Gasteiger partial charge in [-0.1, -0.05) is 30.3 Å². The van der Waals surface area contributed by atoms with Crippen molar-refractivity contribution >= 4 is 11.8 Å². The second-order valence-corrected chi connectivity index (χ2v) is 4.36. The van der Waals surface area contributed by atoms with E-state index in [1.165, 1.54) is 6.20 Å². The summed E-state index contributed by atoms with van der Waals surface area (Å²) in [4.78, 5) is 27.5. The van der Waals surface area contributed by atoms with Crippen LogP contribution in [0.1, 0.15) is 15.9 Å². The van der Waals surface area contributed by atoms with Crippen LogP contribution in [0.15, 0.2) is 54.9 Å². The third-order valence-corrected chi connectivity index (χ3v) is 2.80. The van der Waals surface area contributed by atoms with E-state index in [0.717, 1.165) is 5.56 Å². The number of aromatic nitrogens is 1. The molecule has 2 aromatic rings. The Balaban J connectivity index is 1.93. The minimum atomic E-state index is -0.766. The van der Waals surface area contributed by atoms with E-state index in [9.17, 15) is 9.59 Å². The van der Waals surface area contributed by atoms with E-state index in [0.29, 0.717) is 12.0 Å². The van der Waals surface area contributed by atoms with Crippen molar-refractivity contribution < 1.29 is 9.59 Å². The number of pyridine rings is 1. The number of carbonyl (C=O) groups excluding carboxylic acids is 2. The summed E-state index contributed by atoms with van der Waals surface area (Å²) >= 11 is 0. The number of hydrogen-bond acceptors (Lipinski definition) is 4. The fourth-order valence-corrected chi connectivity index (χ4v) is 1.73. The van der Waals surface area contributed by atoms with Crippen LogP contribution in [-0.2, 0) is 11.2 Å². The summed E-state index contributed by atoms with van der Waals surface area (Å²) < 4.78 is 0. The molecule has 0 radical (unpaired) electrons. The van der Waals surface area contributed by atoms with E-state index < -0.39 is 17.9 Å². The number of benzene rings is 1. The van der Waals surface area contributed by atoms with E-state index in [1.54, 1.807) is 18.3 Å². The van der Waals surface area contributed by atoms with Crippen molar-refractivity contribution in [2.45, 2.75) is 12.5 Å². The molecule has 0 bridgehead atoms. The number of nitrogens with one attached hydrogen (secondary N) is 1. The first-order valence-electron chi connectivity index (χ1n) is 6.21. The van der Waals surface area contributed by atoms with Crippen molar-refractivity contribution in [3.8, 4) is 0 Å². The molecule has 0 saturated carbocycles. The number of nitrogens with two attached hydrogens (primary N) is 1. The Labute approximate surface area is 116 Å². The van der Waals surface area contributed by atoms with Crippen LogP contribution in [0.25, 0.3) is 0 Å². The van der Waals surface area contributed by atoms with Gasteiger partial charge in [0, 0.05) is 12.4 Å². The van der Waals surface area contributed by atoms with Gasteiger partial charge in [0.15, 0.2) is 0 Å². The predicted molar refractivity (Wildman–Crippen MR) is 74.8 cm³/mol. The van der Waals surface area contributed by atoms with E-state index in [2.05, 4.69) is 10.3 Å². The Hall–Kier alpha value is -2.53. The number of amides is 2. The zero-order valence-electron chi connectivity index (χ0n) is 10.8. The van der Waals surface area contributed by atoms with Crippen LogP contribution < -0.4 is 11.1 Å². The van der Waals surface area contributed by atoms with Gasteiger partial charge in [-0.3, -0.25) is 19.9 Å². The number of hydrogen-bond donors (Lipinski definition) is 2. The van der Waals surface area contributed by atoms with Gasteiger partial charge in [0.25, 0.3) is 5.91 Å². The highest BCUT2D eigenvalue weighted by Crippen LogP contribution is 2.02. The van der Waals surface area contributed by atoms with Crippen LogP contribution in [0.4, 0.5) is 0 Å². The minimum absolute atomic E-state index is 0.327. The van der Waals surface area contributed by atoms with Crippen LogP contribution in [0.2, 0.25) is 0 Å². The van der Waals surface area contributed by atoms with Crippen molar-refractivity contribution in [3.05, 3.63) is 66.0 Å². The number of nitrogens with zero attached hydrogens (tertiary/aromatic N) is 1. The molecule has 0 spiro atoms. The highest BCUT2D eigenvalue weighted by molar-refractivity contribution is 6.05. The molecule has 5 nitrogen and oxygen atoms in total. The molecule has 0 aliphatic rings. The Morgan fingerprint density at radius 3 is 2.55 bits per heavy atom. The van der Waals surface area contributed by atoms with Crippen molar-refractivity contribution in [3.63, 3.8) is 0 Å². The lowest BCUT2D eigenvalue weighted by Gasteiger charge is -2.11. The van der Waals surface area contributed by atoms with E-state index in [1.807, 2.05) is 30.3 Å². The number of rotatable bonds is 4. The largest absolute Gasteiger partial charge is 0.320 e. The minimum Gasteiger partial charge on any atom is -0.320 e. The number of imide groups is 1. The van der Waals surface area contributed by atoms with Crippen LogP contribution in [-0.4, -0.2) is 22.8 Å². The van der Waals surface area contributed by atoms with Crippen molar-refractivity contribution in [2.24, 2.45) is 5.73 Å². The molecule has 2 rings (SSSR count). The Bertz CT molecular complexity index is 585. The molecule has 0 unspecified atom stereocenters. The lowest BCUT2D eigenvalue weighted by Crippen LogP contribution is -2.44. The van der Waals surface area contributed by atoms with Crippen LogP contribution >= 0.6 is 0 Å². The monoisotopic (exact) mass is 269 g/mol. The van der Waals surface area contributed by atoms with Crippen LogP contribution in [0, 0.1) is 0 Å². The van der Waals surface area contributed by atoms with Gasteiger partial charge in [0.1, 0.15) is 0 Å². The molecule has 3 N–H and O–H groups in total. The number of carbonyl (C=O) groups is 2. The third kappa shape index (κ3) is 3.73. The summed E-state index contributed by atoms with van der Waals surface area (Å²) in [7, 11) is 0. The molecule has 0 aliphatic carbocycles. The second kappa shape index (κ2) is 6.58. The van der Waals surface area contributed by atoms with E-state index in [4.69, 9.17) is 5.73 Å². The molecule has 0 aliphatic heterocycles. The smallest absolute Gasteiger partial charge is 0.259 e. The van der Waals surface area contributed by atoms with E-state index >= 15 is 0 Å². The molecular formula is C15H15N3O2. The maximum atomic E-state index is 11.9. The molecule has 1 heterocycles. The van der Waals surface area contributed by atoms with Gasteiger partial charge in [0.2, 0.25) is 5.91 Å². The zero-order valence-corrected chi connectivity index (χ0v) is 10.8. The fourth-order valence-electron chi connectivity index (χ4n) is 1.73. The molecular weight excluding hydrogens is 254 g/mol. The Morgan fingerprint density at radius 2 is 1.90 bits per heavy atom. The average Bonchev–Trinajstić information content (AvgIpc) is 2.49. The standard InChI is InChI=1S/C15H15N3O2/c16-13(9-11-5-2-1-3-6-11)15(20)18-14(19)12-7-4-8-17-10-12/h1-8,10,13H,9,16H2,(H,18,19,20)/t13-/m0/s1. The fraction of sp³-hybridized carbons (Fsp3) is 0.133. The summed E-state index contributed by atoms with van der Waals surface area (Å²) in [6.45, 7) is 0. The zero-order chi connectivity index (χ0) is 14.4. The Kier molecular flexibility index (Phi) is 4.57. The first-order chi connectivity index (χ1) is 9.66. The summed E-state index contributed by atoms with van der Waals surface area (Å²) in [5.74, 6) is -0.991. The molecule has 20 heavy (non-hydrogen) atoms. The summed E-state index contributed by atoms with van der Waals surface area (Å²) in [6, 6.07) is 11.9. The van der Waals surface area contributed by atoms with Crippen LogP contribution in [0.3, 0.4) is 0 Å². The lowest BCUT2D eigenvalue weighted by atomic mass is 10.1. The van der Waals surface area contributed by atoms with Crippen LogP contribution in [0.5, 0.6) is 0 Å². The van der Waals surface area contributed by atoms with Gasteiger partial charge in [-0.2, -0.15) is 0 Å². The van der Waals surface area contributed by atoms with Crippen molar-refractivity contribution in [1.82, 2.24) is 10.3 Å². The third-order valence-electron chi connectivity index (χ3n) is 2.80. The van der Waals surface area contributed by atoms with Gasteiger partial charge in [-0.15, -0.1) is 0 Å². The Morgan fingerprint density at radius 1 is 1.15 bits per heavy atom. The quantitative estimate of drug-likeness (QED) is 0.864. The average molecular weight is 269 g/mol. The van der Waals surface area contributed by atoms with Crippen molar-refractivity contribution in [2.75, 3.05) is 0 Å². The van der Waals surface area contributed by atoms with Gasteiger partial charge in [0.05, 0.1) is 11.6 Å². The van der Waals surface area contributed by atoms with Gasteiger partial charge in [-0.25, -0.2) is 0 Å². The molecule has 102 valence electrons. The SMILES string of the molecule is N[C@@H](Cc1ccccc1)C(=O)NC(=O)c1cccnc1. The normalized spacial score (nSPS) is 11.7. The molecule has 1 aromatic heterocycles. The highest BCUT2D eigenvalue weighted by atomic mass is 16.2. The maximum absolute atomic E-state index is 11.9. The molecule has 5 heteroatoms. The van der Waals surface area contributed by atoms with Crippen molar-refractivity contribution in [1.29, 1.82) is 0 Å². The predicted octanol–water partition coefficient (Wildman–Crippen LogP) is 0.908.